The van der Waals surface area contributed by atoms with Gasteiger partial charge in [0.15, 0.2) is 0 Å². The van der Waals surface area contributed by atoms with Gasteiger partial charge >= 0.3 is 5.97 Å². The number of esters is 1. The molecule has 0 saturated carbocycles. The average Bonchev–Trinajstić information content (AvgIpc) is 2.76. The number of nitro groups is 1. The highest BCUT2D eigenvalue weighted by molar-refractivity contribution is 6.05. The first kappa shape index (κ1) is 12.1. The maximum atomic E-state index is 11.7. The molecule has 0 aromatic heterocycles. The predicted octanol–water partition coefficient (Wildman–Crippen LogP) is 3.26. The molecular weight excluding hydrogens is 258 g/mol. The van der Waals surface area contributed by atoms with Gasteiger partial charge in [-0.2, -0.15) is 0 Å². The number of fused-ring (bicyclic) bond motifs is 1. The van der Waals surface area contributed by atoms with Gasteiger partial charge in [-0.05, 0) is 18.2 Å². The monoisotopic (exact) mass is 267 g/mol. The van der Waals surface area contributed by atoms with Crippen LogP contribution in [-0.2, 0) is 4.74 Å². The molecule has 1 aliphatic rings. The number of hydrogen-bond donors (Lipinski definition) is 0. The largest absolute Gasteiger partial charge is 0.422 e. The van der Waals surface area contributed by atoms with E-state index in [4.69, 9.17) is 4.74 Å². The highest BCUT2D eigenvalue weighted by Crippen LogP contribution is 2.32. The standard InChI is InChI=1S/C15H9NO4/c17-15-12-7-3-2-6-11(12)14(20-15)9-10-5-1-4-8-13(10)16(18)19/h1-9H/b14-9-. The third-order valence-corrected chi connectivity index (χ3v) is 3.04. The third-order valence-electron chi connectivity index (χ3n) is 3.04. The molecule has 0 amide bonds. The summed E-state index contributed by atoms with van der Waals surface area (Å²) in [4.78, 5) is 22.2. The van der Waals surface area contributed by atoms with Crippen LogP contribution in [0.15, 0.2) is 48.5 Å². The molecule has 3 rings (SSSR count). The van der Waals surface area contributed by atoms with Gasteiger partial charge in [0.05, 0.1) is 16.1 Å². The third kappa shape index (κ3) is 1.95. The molecule has 0 unspecified atom stereocenters. The van der Waals surface area contributed by atoms with Crippen LogP contribution in [0.1, 0.15) is 21.5 Å². The molecule has 0 bridgehead atoms. The lowest BCUT2D eigenvalue weighted by Crippen LogP contribution is -1.93. The molecule has 1 aliphatic heterocycles. The van der Waals surface area contributed by atoms with Crippen molar-refractivity contribution >= 4 is 23.5 Å². The number of carbonyl (C=O) groups is 1. The van der Waals surface area contributed by atoms with Crippen molar-refractivity contribution < 1.29 is 14.5 Å². The molecule has 20 heavy (non-hydrogen) atoms. The molecule has 2 aromatic rings. The lowest BCUT2D eigenvalue weighted by molar-refractivity contribution is -0.385. The minimum atomic E-state index is -0.463. The molecule has 5 nitrogen and oxygen atoms in total. The Morgan fingerprint density at radius 2 is 1.65 bits per heavy atom. The van der Waals surface area contributed by atoms with Crippen molar-refractivity contribution in [1.29, 1.82) is 0 Å². The summed E-state index contributed by atoms with van der Waals surface area (Å²) in [6.45, 7) is 0. The van der Waals surface area contributed by atoms with Crippen LogP contribution in [0.4, 0.5) is 5.69 Å². The molecule has 98 valence electrons. The van der Waals surface area contributed by atoms with Crippen LogP contribution in [0, 0.1) is 10.1 Å². The van der Waals surface area contributed by atoms with Gasteiger partial charge in [-0.1, -0.05) is 30.3 Å². The van der Waals surface area contributed by atoms with Crippen molar-refractivity contribution in [3.63, 3.8) is 0 Å². The molecule has 0 radical (unpaired) electrons. The Bertz CT molecular complexity index is 749. The van der Waals surface area contributed by atoms with E-state index in [1.54, 1.807) is 42.5 Å². The SMILES string of the molecule is O=C1O/C(=C\c2ccccc2[N+](=O)[O-])c2ccccc21. The Balaban J connectivity index is 2.12. The van der Waals surface area contributed by atoms with E-state index < -0.39 is 10.9 Å². The zero-order valence-corrected chi connectivity index (χ0v) is 10.3. The van der Waals surface area contributed by atoms with Gasteiger partial charge in [0.2, 0.25) is 0 Å². The second-order valence-electron chi connectivity index (χ2n) is 4.26. The quantitative estimate of drug-likeness (QED) is 0.475. The van der Waals surface area contributed by atoms with Crippen LogP contribution in [0.2, 0.25) is 0 Å². The fourth-order valence-corrected chi connectivity index (χ4v) is 2.11. The van der Waals surface area contributed by atoms with E-state index in [1.165, 1.54) is 12.1 Å². The second kappa shape index (κ2) is 4.62. The molecule has 0 aliphatic carbocycles. The number of rotatable bonds is 2. The van der Waals surface area contributed by atoms with E-state index in [1.807, 2.05) is 0 Å². The lowest BCUT2D eigenvalue weighted by atomic mass is 10.1. The minimum Gasteiger partial charge on any atom is -0.422 e. The molecule has 0 N–H and O–H groups in total. The summed E-state index contributed by atoms with van der Waals surface area (Å²) in [5.74, 6) is -0.106. The maximum Gasteiger partial charge on any atom is 0.344 e. The van der Waals surface area contributed by atoms with E-state index in [0.29, 0.717) is 22.4 Å². The van der Waals surface area contributed by atoms with Crippen molar-refractivity contribution in [3.8, 4) is 0 Å². The van der Waals surface area contributed by atoms with E-state index in [-0.39, 0.29) is 5.69 Å². The molecule has 2 aromatic carbocycles. The molecule has 1 heterocycles. The van der Waals surface area contributed by atoms with Crippen LogP contribution < -0.4 is 0 Å². The van der Waals surface area contributed by atoms with Crippen LogP contribution in [0.3, 0.4) is 0 Å². The lowest BCUT2D eigenvalue weighted by Gasteiger charge is -2.00. The zero-order valence-electron chi connectivity index (χ0n) is 10.3. The summed E-state index contributed by atoms with van der Waals surface area (Å²) in [6.07, 6.45) is 1.52. The van der Waals surface area contributed by atoms with Crippen molar-refractivity contribution in [2.75, 3.05) is 0 Å². The smallest absolute Gasteiger partial charge is 0.344 e. The van der Waals surface area contributed by atoms with E-state index in [0.717, 1.165) is 0 Å². The number of para-hydroxylation sites is 1. The van der Waals surface area contributed by atoms with Crippen LogP contribution >= 0.6 is 0 Å². The summed E-state index contributed by atoms with van der Waals surface area (Å²) in [5.41, 5.74) is 1.49. The van der Waals surface area contributed by atoms with Crippen molar-refractivity contribution in [1.82, 2.24) is 0 Å². The first-order valence-electron chi connectivity index (χ1n) is 5.93. The summed E-state index contributed by atoms with van der Waals surface area (Å²) >= 11 is 0. The maximum absolute atomic E-state index is 11.7. The summed E-state index contributed by atoms with van der Waals surface area (Å²) in [5, 5.41) is 11.0. The van der Waals surface area contributed by atoms with Gasteiger partial charge in [-0.3, -0.25) is 10.1 Å². The number of nitro benzene ring substituents is 1. The number of carbonyl (C=O) groups excluding carboxylic acids is 1. The molecule has 0 spiro atoms. The summed E-state index contributed by atoms with van der Waals surface area (Å²) in [7, 11) is 0. The Labute approximate surface area is 114 Å². The van der Waals surface area contributed by atoms with Crippen LogP contribution in [0.25, 0.3) is 11.8 Å². The Morgan fingerprint density at radius 3 is 2.40 bits per heavy atom. The summed E-state index contributed by atoms with van der Waals surface area (Å²) < 4.78 is 5.17. The molecule has 0 fully saturated rings. The topological polar surface area (TPSA) is 69.4 Å². The second-order valence-corrected chi connectivity index (χ2v) is 4.26. The molecule has 5 heteroatoms. The average molecular weight is 267 g/mol. The van der Waals surface area contributed by atoms with Crippen molar-refractivity contribution in [3.05, 3.63) is 75.3 Å². The zero-order chi connectivity index (χ0) is 14.1. The fourth-order valence-electron chi connectivity index (χ4n) is 2.11. The molecule has 0 saturated heterocycles. The number of ether oxygens (including phenoxy) is 1. The van der Waals surface area contributed by atoms with Gasteiger partial charge in [0, 0.05) is 11.6 Å². The van der Waals surface area contributed by atoms with E-state index in [9.17, 15) is 14.9 Å². The predicted molar refractivity (Wildman–Crippen MR) is 72.8 cm³/mol. The van der Waals surface area contributed by atoms with E-state index in [2.05, 4.69) is 0 Å². The van der Waals surface area contributed by atoms with Gasteiger partial charge in [-0.25, -0.2) is 4.79 Å². The van der Waals surface area contributed by atoms with E-state index >= 15 is 0 Å². The Morgan fingerprint density at radius 1 is 1.00 bits per heavy atom. The highest BCUT2D eigenvalue weighted by Gasteiger charge is 2.26. The van der Waals surface area contributed by atoms with Gasteiger partial charge in [0.1, 0.15) is 5.76 Å². The first-order chi connectivity index (χ1) is 9.66. The van der Waals surface area contributed by atoms with Gasteiger partial charge in [0.25, 0.3) is 5.69 Å². The Hall–Kier alpha value is -2.95. The number of benzene rings is 2. The summed E-state index contributed by atoms with van der Waals surface area (Å²) in [6, 6.07) is 13.3. The number of nitrogens with zero attached hydrogens (tertiary/aromatic N) is 1. The minimum absolute atomic E-state index is 0.0274. The van der Waals surface area contributed by atoms with Crippen molar-refractivity contribution in [2.45, 2.75) is 0 Å². The van der Waals surface area contributed by atoms with Gasteiger partial charge in [-0.15, -0.1) is 0 Å². The number of cyclic esters (lactones) is 1. The molecular formula is C15H9NO4. The fraction of sp³-hybridized carbons (Fsp3) is 0. The first-order valence-corrected chi connectivity index (χ1v) is 5.93. The van der Waals surface area contributed by atoms with Crippen molar-refractivity contribution in [2.24, 2.45) is 0 Å². The molecule has 0 atom stereocenters. The van der Waals surface area contributed by atoms with Crippen LogP contribution in [0.5, 0.6) is 0 Å². The number of hydrogen-bond acceptors (Lipinski definition) is 4. The normalized spacial score (nSPS) is 15.0. The van der Waals surface area contributed by atoms with Crippen LogP contribution in [-0.4, -0.2) is 10.9 Å². The Kier molecular flexibility index (Phi) is 2.80. The van der Waals surface area contributed by atoms with Gasteiger partial charge < -0.3 is 4.74 Å². The highest BCUT2D eigenvalue weighted by atomic mass is 16.6.